The molecule has 1 unspecified atom stereocenters. The number of nitrogens with zero attached hydrogens (tertiary/aromatic N) is 2. The Morgan fingerprint density at radius 1 is 1.35 bits per heavy atom. The molecule has 3 rings (SSSR count). The quantitative estimate of drug-likeness (QED) is 0.845. The molecule has 0 bridgehead atoms. The van der Waals surface area contributed by atoms with Gasteiger partial charge >= 0.3 is 0 Å². The molecule has 3 nitrogen and oxygen atoms in total. The Balaban J connectivity index is 1.76. The van der Waals surface area contributed by atoms with Gasteiger partial charge in [0.15, 0.2) is 0 Å². The third-order valence-corrected chi connectivity index (χ3v) is 5.78. The number of aromatic nitrogens is 1. The van der Waals surface area contributed by atoms with Crippen LogP contribution in [0.3, 0.4) is 0 Å². The molecular weight excluding hydrogens is 304 g/mol. The number of hydrogen-bond acceptors (Lipinski definition) is 3. The summed E-state index contributed by atoms with van der Waals surface area (Å²) in [7, 11) is 0. The van der Waals surface area contributed by atoms with Crippen molar-refractivity contribution < 1.29 is 4.79 Å². The molecular formula is C19H24N2OS. The molecule has 1 aromatic heterocycles. The lowest BCUT2D eigenvalue weighted by atomic mass is 10.00. The van der Waals surface area contributed by atoms with Crippen LogP contribution in [0.2, 0.25) is 0 Å². The van der Waals surface area contributed by atoms with Crippen LogP contribution < -0.4 is 0 Å². The minimum atomic E-state index is 0.250. The lowest BCUT2D eigenvalue weighted by Gasteiger charge is -2.30. The van der Waals surface area contributed by atoms with E-state index in [4.69, 9.17) is 4.98 Å². The lowest BCUT2D eigenvalue weighted by Crippen LogP contribution is -2.39. The number of rotatable bonds is 3. The van der Waals surface area contributed by atoms with Crippen molar-refractivity contribution >= 4 is 17.2 Å². The molecule has 1 aliphatic heterocycles. The van der Waals surface area contributed by atoms with E-state index >= 15 is 0 Å². The Morgan fingerprint density at radius 2 is 2.13 bits per heavy atom. The maximum Gasteiger partial charge on any atom is 0.227 e. The number of aryl methyl sites for hydroxylation is 2. The first kappa shape index (κ1) is 16.2. The Labute approximate surface area is 142 Å². The van der Waals surface area contributed by atoms with Crippen molar-refractivity contribution in [3.63, 3.8) is 0 Å². The van der Waals surface area contributed by atoms with E-state index in [1.807, 2.05) is 24.0 Å². The average molecular weight is 328 g/mol. The van der Waals surface area contributed by atoms with Gasteiger partial charge in [-0.2, -0.15) is 0 Å². The molecule has 0 spiro atoms. The number of amides is 1. The standard InChI is InChI=1S/C19H24N2OS/c1-13-7-6-10-21(12-13)18(22)11-17-15(3)20-19(23-17)16-9-5-4-8-14(16)2/h4-5,8-9,13H,6-7,10-12H2,1-3H3. The second kappa shape index (κ2) is 6.83. The molecule has 1 aliphatic rings. The van der Waals surface area contributed by atoms with Gasteiger partial charge in [0, 0.05) is 23.5 Å². The van der Waals surface area contributed by atoms with E-state index in [-0.39, 0.29) is 5.91 Å². The summed E-state index contributed by atoms with van der Waals surface area (Å²) in [5.74, 6) is 0.873. The molecule has 1 fully saturated rings. The van der Waals surface area contributed by atoms with E-state index in [1.54, 1.807) is 11.3 Å². The fraction of sp³-hybridized carbons (Fsp3) is 0.474. The minimum Gasteiger partial charge on any atom is -0.342 e. The van der Waals surface area contributed by atoms with Gasteiger partial charge < -0.3 is 4.90 Å². The number of benzene rings is 1. The molecule has 1 amide bonds. The Hall–Kier alpha value is -1.68. The topological polar surface area (TPSA) is 33.2 Å². The maximum atomic E-state index is 12.6. The van der Waals surface area contributed by atoms with Gasteiger partial charge in [-0.15, -0.1) is 11.3 Å². The Kier molecular flexibility index (Phi) is 4.81. The summed E-state index contributed by atoms with van der Waals surface area (Å²) < 4.78 is 0. The molecule has 1 atom stereocenters. The number of carbonyl (C=O) groups excluding carboxylic acids is 1. The lowest BCUT2D eigenvalue weighted by molar-refractivity contribution is -0.132. The number of hydrogen-bond donors (Lipinski definition) is 0. The normalized spacial score (nSPS) is 18.2. The summed E-state index contributed by atoms with van der Waals surface area (Å²) in [5, 5.41) is 1.02. The first-order chi connectivity index (χ1) is 11.0. The summed E-state index contributed by atoms with van der Waals surface area (Å²) in [6, 6.07) is 8.29. The number of thiazole rings is 1. The van der Waals surface area contributed by atoms with Crippen molar-refractivity contribution in [3.8, 4) is 10.6 Å². The van der Waals surface area contributed by atoms with Crippen LogP contribution in [0.1, 0.15) is 35.9 Å². The summed E-state index contributed by atoms with van der Waals surface area (Å²) in [6.45, 7) is 8.16. The average Bonchev–Trinajstić information content (AvgIpc) is 2.88. The molecule has 2 aromatic rings. The highest BCUT2D eigenvalue weighted by atomic mass is 32.1. The predicted octanol–water partition coefficient (Wildman–Crippen LogP) is 4.23. The molecule has 1 saturated heterocycles. The van der Waals surface area contributed by atoms with E-state index in [2.05, 4.69) is 26.0 Å². The van der Waals surface area contributed by atoms with Crippen LogP contribution in [0.25, 0.3) is 10.6 Å². The maximum absolute atomic E-state index is 12.6. The summed E-state index contributed by atoms with van der Waals surface area (Å²) >= 11 is 1.66. The zero-order valence-corrected chi connectivity index (χ0v) is 14.9. The predicted molar refractivity (Wildman–Crippen MR) is 95.7 cm³/mol. The molecule has 1 aromatic carbocycles. The molecule has 4 heteroatoms. The van der Waals surface area contributed by atoms with Gasteiger partial charge in [0.1, 0.15) is 5.01 Å². The van der Waals surface area contributed by atoms with E-state index in [0.29, 0.717) is 12.3 Å². The van der Waals surface area contributed by atoms with Crippen LogP contribution in [-0.4, -0.2) is 28.9 Å². The van der Waals surface area contributed by atoms with E-state index in [9.17, 15) is 4.79 Å². The molecule has 122 valence electrons. The minimum absolute atomic E-state index is 0.250. The van der Waals surface area contributed by atoms with Gasteiger partial charge in [0.2, 0.25) is 5.91 Å². The van der Waals surface area contributed by atoms with Crippen molar-refractivity contribution in [2.75, 3.05) is 13.1 Å². The van der Waals surface area contributed by atoms with Crippen molar-refractivity contribution in [1.29, 1.82) is 0 Å². The van der Waals surface area contributed by atoms with Gasteiger partial charge in [0.25, 0.3) is 0 Å². The first-order valence-corrected chi connectivity index (χ1v) is 9.16. The zero-order valence-electron chi connectivity index (χ0n) is 14.1. The molecule has 2 heterocycles. The fourth-order valence-electron chi connectivity index (χ4n) is 3.19. The van der Waals surface area contributed by atoms with Crippen LogP contribution in [0, 0.1) is 19.8 Å². The Bertz CT molecular complexity index is 707. The van der Waals surface area contributed by atoms with E-state index < -0.39 is 0 Å². The zero-order chi connectivity index (χ0) is 16.4. The van der Waals surface area contributed by atoms with E-state index in [1.165, 1.54) is 17.5 Å². The van der Waals surface area contributed by atoms with Gasteiger partial charge in [-0.25, -0.2) is 4.98 Å². The summed E-state index contributed by atoms with van der Waals surface area (Å²) in [4.78, 5) is 20.4. The highest BCUT2D eigenvalue weighted by molar-refractivity contribution is 7.15. The van der Waals surface area contributed by atoms with Crippen LogP contribution in [0.15, 0.2) is 24.3 Å². The highest BCUT2D eigenvalue weighted by Gasteiger charge is 2.22. The first-order valence-electron chi connectivity index (χ1n) is 8.34. The third kappa shape index (κ3) is 3.63. The molecule has 0 aliphatic carbocycles. The second-order valence-corrected chi connectivity index (χ2v) is 7.69. The van der Waals surface area contributed by atoms with Crippen LogP contribution in [-0.2, 0) is 11.2 Å². The van der Waals surface area contributed by atoms with Crippen molar-refractivity contribution in [3.05, 3.63) is 40.4 Å². The van der Waals surface area contributed by atoms with Crippen molar-refractivity contribution in [1.82, 2.24) is 9.88 Å². The monoisotopic (exact) mass is 328 g/mol. The third-order valence-electron chi connectivity index (χ3n) is 4.59. The van der Waals surface area contributed by atoms with Gasteiger partial charge in [-0.1, -0.05) is 31.2 Å². The van der Waals surface area contributed by atoms with Crippen LogP contribution >= 0.6 is 11.3 Å². The largest absolute Gasteiger partial charge is 0.342 e. The number of piperidine rings is 1. The van der Waals surface area contributed by atoms with Crippen molar-refractivity contribution in [2.24, 2.45) is 5.92 Å². The smallest absolute Gasteiger partial charge is 0.227 e. The van der Waals surface area contributed by atoms with Crippen LogP contribution in [0.4, 0.5) is 0 Å². The van der Waals surface area contributed by atoms with Gasteiger partial charge in [0.05, 0.1) is 12.1 Å². The summed E-state index contributed by atoms with van der Waals surface area (Å²) in [5.41, 5.74) is 3.39. The van der Waals surface area contributed by atoms with Gasteiger partial charge in [-0.3, -0.25) is 4.79 Å². The number of likely N-dealkylation sites (tertiary alicyclic amines) is 1. The van der Waals surface area contributed by atoms with Crippen molar-refractivity contribution in [2.45, 2.75) is 40.0 Å². The summed E-state index contributed by atoms with van der Waals surface area (Å²) in [6.07, 6.45) is 2.85. The molecule has 23 heavy (non-hydrogen) atoms. The fourth-order valence-corrected chi connectivity index (χ4v) is 4.33. The van der Waals surface area contributed by atoms with Crippen LogP contribution in [0.5, 0.6) is 0 Å². The molecule has 0 radical (unpaired) electrons. The Morgan fingerprint density at radius 3 is 2.87 bits per heavy atom. The second-order valence-electron chi connectivity index (χ2n) is 6.61. The van der Waals surface area contributed by atoms with Gasteiger partial charge in [-0.05, 0) is 38.2 Å². The van der Waals surface area contributed by atoms with E-state index in [0.717, 1.165) is 35.1 Å². The number of carbonyl (C=O) groups is 1. The SMILES string of the molecule is Cc1ccccc1-c1nc(C)c(CC(=O)N2CCCC(C)C2)s1. The highest BCUT2D eigenvalue weighted by Crippen LogP contribution is 2.30. The molecule has 0 N–H and O–H groups in total. The molecule has 0 saturated carbocycles.